The van der Waals surface area contributed by atoms with E-state index in [4.69, 9.17) is 4.98 Å². The second-order valence-electron chi connectivity index (χ2n) is 15.8. The summed E-state index contributed by atoms with van der Waals surface area (Å²) in [6.45, 7) is 6.48. The van der Waals surface area contributed by atoms with E-state index < -0.39 is 0 Å². The summed E-state index contributed by atoms with van der Waals surface area (Å²) >= 11 is 0. The highest BCUT2D eigenvalue weighted by Crippen LogP contribution is 2.56. The summed E-state index contributed by atoms with van der Waals surface area (Å²) in [7, 11) is 4.14. The highest BCUT2D eigenvalue weighted by Gasteiger charge is 2.29. The minimum Gasteiger partial charge on any atom is -0.264 e. The molecule has 0 saturated carbocycles. The molecule has 284 valence electrons. The molecule has 0 aliphatic rings. The summed E-state index contributed by atoms with van der Waals surface area (Å²) in [6, 6.07) is 58.4. The molecular formula is C56H47N3+2. The summed E-state index contributed by atoms with van der Waals surface area (Å²) in [5.41, 5.74) is 22.3. The SMILES string of the molecule is Cc1ccc(-c2c(-c3ccc(-c4ccc[n+](C)c4)cc3)c(-c3ccc(C)cc3)c(-c3cccnc3)c(-c3ccc(C)cc3)c2-c2ccc(-c3ccc[n+](C)c3)cc2)cc1. The second-order valence-corrected chi connectivity index (χ2v) is 15.8. The average Bonchev–Trinajstić information content (AvgIpc) is 3.27. The molecule has 3 heterocycles. The molecule has 0 radical (unpaired) electrons. The summed E-state index contributed by atoms with van der Waals surface area (Å²) in [5.74, 6) is 0. The van der Waals surface area contributed by atoms with Crippen molar-refractivity contribution in [3.8, 4) is 89.0 Å². The van der Waals surface area contributed by atoms with Gasteiger partial charge >= 0.3 is 0 Å². The Morgan fingerprint density at radius 1 is 0.305 bits per heavy atom. The van der Waals surface area contributed by atoms with E-state index in [1.54, 1.807) is 0 Å². The lowest BCUT2D eigenvalue weighted by molar-refractivity contribution is -0.671. The molecule has 0 fully saturated rings. The van der Waals surface area contributed by atoms with Crippen LogP contribution in [0.5, 0.6) is 0 Å². The predicted octanol–water partition coefficient (Wildman–Crippen LogP) is 13.0. The molecule has 0 N–H and O–H groups in total. The fraction of sp³-hybridized carbons (Fsp3) is 0.0893. The van der Waals surface area contributed by atoms with Crippen LogP contribution in [0.1, 0.15) is 16.7 Å². The molecule has 9 aromatic rings. The van der Waals surface area contributed by atoms with Crippen molar-refractivity contribution >= 4 is 0 Å². The number of nitrogens with zero attached hydrogens (tertiary/aromatic N) is 3. The average molecular weight is 762 g/mol. The molecule has 3 nitrogen and oxygen atoms in total. The molecule has 3 aromatic heterocycles. The van der Waals surface area contributed by atoms with Crippen LogP contribution in [-0.4, -0.2) is 4.98 Å². The summed E-state index contributed by atoms with van der Waals surface area (Å²) in [5, 5.41) is 0. The first-order valence-electron chi connectivity index (χ1n) is 20.3. The zero-order chi connectivity index (χ0) is 40.5. The topological polar surface area (TPSA) is 20.6 Å². The largest absolute Gasteiger partial charge is 0.264 e. The van der Waals surface area contributed by atoms with Gasteiger partial charge in [-0.3, -0.25) is 4.98 Å². The van der Waals surface area contributed by atoms with Gasteiger partial charge in [0, 0.05) is 46.8 Å². The number of hydrogen-bond donors (Lipinski definition) is 0. The molecule has 0 aliphatic heterocycles. The maximum absolute atomic E-state index is 4.75. The van der Waals surface area contributed by atoms with Gasteiger partial charge in [-0.1, -0.05) is 144 Å². The number of hydrogen-bond acceptors (Lipinski definition) is 1. The molecule has 0 bridgehead atoms. The van der Waals surface area contributed by atoms with Gasteiger partial charge in [0.2, 0.25) is 0 Å². The Hall–Kier alpha value is -7.23. The van der Waals surface area contributed by atoms with E-state index in [1.165, 1.54) is 72.3 Å². The van der Waals surface area contributed by atoms with Gasteiger partial charge < -0.3 is 0 Å². The molecule has 0 spiro atoms. The summed E-state index contributed by atoms with van der Waals surface area (Å²) in [6.07, 6.45) is 12.4. The Morgan fingerprint density at radius 3 is 0.898 bits per heavy atom. The van der Waals surface area contributed by atoms with Crippen LogP contribution in [-0.2, 0) is 14.1 Å². The monoisotopic (exact) mass is 761 g/mol. The Morgan fingerprint density at radius 2 is 0.593 bits per heavy atom. The normalized spacial score (nSPS) is 11.1. The first-order chi connectivity index (χ1) is 28.8. The van der Waals surface area contributed by atoms with Crippen molar-refractivity contribution in [2.45, 2.75) is 20.8 Å². The van der Waals surface area contributed by atoms with Crippen LogP contribution in [0.15, 0.2) is 195 Å². The van der Waals surface area contributed by atoms with Crippen LogP contribution in [0.25, 0.3) is 89.0 Å². The summed E-state index contributed by atoms with van der Waals surface area (Å²) in [4.78, 5) is 4.75. The van der Waals surface area contributed by atoms with Gasteiger partial charge in [-0.05, 0) is 106 Å². The van der Waals surface area contributed by atoms with Gasteiger partial charge in [0.15, 0.2) is 24.8 Å². The van der Waals surface area contributed by atoms with E-state index in [0.717, 1.165) is 33.4 Å². The second kappa shape index (κ2) is 16.0. The zero-order valence-corrected chi connectivity index (χ0v) is 34.3. The lowest BCUT2D eigenvalue weighted by Gasteiger charge is -2.29. The van der Waals surface area contributed by atoms with Gasteiger partial charge in [0.1, 0.15) is 14.1 Å². The molecule has 9 rings (SSSR count). The number of aromatic nitrogens is 3. The molecule has 3 heteroatoms. The number of pyridine rings is 3. The fourth-order valence-electron chi connectivity index (χ4n) is 8.33. The highest BCUT2D eigenvalue weighted by molar-refractivity contribution is 6.15. The third-order valence-corrected chi connectivity index (χ3v) is 11.4. The van der Waals surface area contributed by atoms with Crippen LogP contribution >= 0.6 is 0 Å². The van der Waals surface area contributed by atoms with Crippen LogP contribution in [0, 0.1) is 20.8 Å². The molecular weight excluding hydrogens is 715 g/mol. The van der Waals surface area contributed by atoms with Crippen molar-refractivity contribution in [1.82, 2.24) is 4.98 Å². The minimum atomic E-state index is 1.07. The summed E-state index contributed by atoms with van der Waals surface area (Å²) < 4.78 is 4.21. The molecule has 6 aromatic carbocycles. The first kappa shape index (κ1) is 37.4. The van der Waals surface area contributed by atoms with Crippen LogP contribution in [0.3, 0.4) is 0 Å². The van der Waals surface area contributed by atoms with Crippen molar-refractivity contribution in [3.63, 3.8) is 0 Å². The van der Waals surface area contributed by atoms with E-state index in [0.29, 0.717) is 0 Å². The maximum Gasteiger partial charge on any atom is 0.176 e. The van der Waals surface area contributed by atoms with E-state index in [2.05, 4.69) is 227 Å². The van der Waals surface area contributed by atoms with Gasteiger partial charge in [0.25, 0.3) is 0 Å². The molecule has 0 amide bonds. The Labute approximate surface area is 348 Å². The molecule has 0 unspecified atom stereocenters. The molecule has 0 aliphatic carbocycles. The molecule has 0 atom stereocenters. The third kappa shape index (κ3) is 7.51. The molecule has 59 heavy (non-hydrogen) atoms. The van der Waals surface area contributed by atoms with E-state index in [1.807, 2.05) is 12.4 Å². The van der Waals surface area contributed by atoms with E-state index in [9.17, 15) is 0 Å². The first-order valence-corrected chi connectivity index (χ1v) is 20.3. The third-order valence-electron chi connectivity index (χ3n) is 11.4. The standard InChI is InChI=1S/C56H47N3/c1-38-12-18-43(19-13-38)51-52(46-28-24-41(25-29-46)49-10-7-33-58(4)36-49)54(44-20-14-39(2)15-21-44)56(48-9-6-32-57-35-48)55(45-22-16-40(3)17-23-45)53(51)47-30-26-42(27-31-47)50-11-8-34-59(5)37-50/h6-37H,1-5H3/q+2. The number of rotatable bonds is 8. The van der Waals surface area contributed by atoms with Crippen LogP contribution in [0.2, 0.25) is 0 Å². The van der Waals surface area contributed by atoms with Crippen molar-refractivity contribution < 1.29 is 9.13 Å². The quantitative estimate of drug-likeness (QED) is 0.141. The van der Waals surface area contributed by atoms with Gasteiger partial charge in [-0.2, -0.15) is 0 Å². The van der Waals surface area contributed by atoms with Gasteiger partial charge in [-0.25, -0.2) is 9.13 Å². The van der Waals surface area contributed by atoms with Crippen molar-refractivity contribution in [2.75, 3.05) is 0 Å². The van der Waals surface area contributed by atoms with Crippen LogP contribution in [0.4, 0.5) is 0 Å². The molecule has 0 saturated heterocycles. The van der Waals surface area contributed by atoms with E-state index in [-0.39, 0.29) is 0 Å². The lowest BCUT2D eigenvalue weighted by Crippen LogP contribution is -2.26. The maximum atomic E-state index is 4.75. The lowest BCUT2D eigenvalue weighted by atomic mass is 9.74. The van der Waals surface area contributed by atoms with Gasteiger partial charge in [-0.15, -0.1) is 0 Å². The van der Waals surface area contributed by atoms with Crippen LogP contribution < -0.4 is 9.13 Å². The highest BCUT2D eigenvalue weighted by atomic mass is 14.9. The van der Waals surface area contributed by atoms with Crippen molar-refractivity contribution in [2.24, 2.45) is 14.1 Å². The smallest absolute Gasteiger partial charge is 0.176 e. The Bertz CT molecular complexity index is 2750. The minimum absolute atomic E-state index is 1.07. The van der Waals surface area contributed by atoms with Crippen molar-refractivity contribution in [1.29, 1.82) is 0 Å². The number of aryl methyl sites for hydroxylation is 5. The van der Waals surface area contributed by atoms with E-state index >= 15 is 0 Å². The Balaban J connectivity index is 1.47. The fourth-order valence-corrected chi connectivity index (χ4v) is 8.33. The Kier molecular flexibility index (Phi) is 10.1. The predicted molar refractivity (Wildman–Crippen MR) is 244 cm³/mol. The zero-order valence-electron chi connectivity index (χ0n) is 34.3. The van der Waals surface area contributed by atoms with Gasteiger partial charge in [0.05, 0.1) is 0 Å². The number of benzene rings is 6. The van der Waals surface area contributed by atoms with Crippen molar-refractivity contribution in [3.05, 3.63) is 212 Å².